The number of rotatable bonds is 25. The van der Waals surface area contributed by atoms with Crippen LogP contribution >= 0.6 is 0 Å². The van der Waals surface area contributed by atoms with Crippen LogP contribution in [0.5, 0.6) is 0 Å². The molecular formula is C29H58. The minimum atomic E-state index is 1.31. The van der Waals surface area contributed by atoms with E-state index in [1.165, 1.54) is 161 Å². The molecule has 0 aliphatic rings. The summed E-state index contributed by atoms with van der Waals surface area (Å²) in [5.41, 5.74) is 0. The lowest BCUT2D eigenvalue weighted by molar-refractivity contribution is 0.544. The van der Waals surface area contributed by atoms with Crippen molar-refractivity contribution in [3.05, 3.63) is 12.2 Å². The summed E-state index contributed by atoms with van der Waals surface area (Å²) < 4.78 is 0. The summed E-state index contributed by atoms with van der Waals surface area (Å²) >= 11 is 0. The molecule has 174 valence electrons. The van der Waals surface area contributed by atoms with Crippen molar-refractivity contribution in [2.75, 3.05) is 0 Å². The summed E-state index contributed by atoms with van der Waals surface area (Å²) in [5, 5.41) is 0. The fourth-order valence-corrected chi connectivity index (χ4v) is 4.27. The van der Waals surface area contributed by atoms with E-state index >= 15 is 0 Å². The number of hydrogen-bond donors (Lipinski definition) is 0. The molecule has 0 aromatic carbocycles. The molecule has 0 heteroatoms. The summed E-state index contributed by atoms with van der Waals surface area (Å²) in [4.78, 5) is 0. The monoisotopic (exact) mass is 406 g/mol. The molecule has 0 rings (SSSR count). The lowest BCUT2D eigenvalue weighted by Crippen LogP contribution is -1.82. The van der Waals surface area contributed by atoms with Gasteiger partial charge in [0, 0.05) is 0 Å². The molecule has 0 spiro atoms. The van der Waals surface area contributed by atoms with Crippen LogP contribution in [0.3, 0.4) is 0 Å². The highest BCUT2D eigenvalue weighted by Crippen LogP contribution is 2.14. The molecule has 0 aliphatic heterocycles. The molecule has 0 radical (unpaired) electrons. The zero-order valence-corrected chi connectivity index (χ0v) is 20.8. The second-order valence-corrected chi connectivity index (χ2v) is 9.47. The topological polar surface area (TPSA) is 0 Å². The van der Waals surface area contributed by atoms with Crippen molar-refractivity contribution in [1.29, 1.82) is 0 Å². The van der Waals surface area contributed by atoms with Gasteiger partial charge in [0.05, 0.1) is 0 Å². The van der Waals surface area contributed by atoms with E-state index in [1.807, 2.05) is 0 Å². The molecule has 0 heterocycles. The highest BCUT2D eigenvalue weighted by atomic mass is 14.0. The molecule has 0 unspecified atom stereocenters. The Kier molecular flexibility index (Phi) is 27.5. The normalized spacial score (nSPS) is 11.7. The van der Waals surface area contributed by atoms with Gasteiger partial charge in [0.25, 0.3) is 0 Å². The van der Waals surface area contributed by atoms with E-state index in [9.17, 15) is 0 Å². The molecule has 0 nitrogen and oxygen atoms in total. The average molecular weight is 407 g/mol. The molecule has 0 aliphatic carbocycles. The van der Waals surface area contributed by atoms with Crippen LogP contribution in [-0.2, 0) is 0 Å². The Bertz CT molecular complexity index is 290. The molecule has 0 bridgehead atoms. The Labute approximate surface area is 186 Å². The molecule has 0 saturated carbocycles. The van der Waals surface area contributed by atoms with Crippen molar-refractivity contribution >= 4 is 0 Å². The fourth-order valence-electron chi connectivity index (χ4n) is 4.27. The molecular weight excluding hydrogens is 348 g/mol. The Balaban J connectivity index is 3.05. The fraction of sp³-hybridized carbons (Fsp3) is 0.931. The summed E-state index contributed by atoms with van der Waals surface area (Å²) in [6, 6.07) is 0. The number of allylic oxidation sites excluding steroid dienone is 2. The molecule has 0 saturated heterocycles. The standard InChI is InChI=1S/C29H58/c1-3-5-7-9-11-13-15-17-19-21-23-25-27-29-28-26-24-22-20-18-16-14-12-10-8-6-4-2/h27,29H,3-26,28H2,1-2H3/b29-27+. The Morgan fingerprint density at radius 3 is 0.724 bits per heavy atom. The van der Waals surface area contributed by atoms with Crippen LogP contribution in [-0.4, -0.2) is 0 Å². The van der Waals surface area contributed by atoms with Gasteiger partial charge in [-0.05, 0) is 25.7 Å². The van der Waals surface area contributed by atoms with Gasteiger partial charge in [0.15, 0.2) is 0 Å². The van der Waals surface area contributed by atoms with Crippen LogP contribution in [0.2, 0.25) is 0 Å². The minimum absolute atomic E-state index is 1.31. The maximum atomic E-state index is 2.45. The molecule has 0 aromatic heterocycles. The van der Waals surface area contributed by atoms with Crippen LogP contribution in [0, 0.1) is 0 Å². The van der Waals surface area contributed by atoms with Crippen LogP contribution in [0.15, 0.2) is 12.2 Å². The van der Waals surface area contributed by atoms with Gasteiger partial charge in [0.1, 0.15) is 0 Å². The van der Waals surface area contributed by atoms with E-state index in [2.05, 4.69) is 26.0 Å². The maximum absolute atomic E-state index is 2.45. The van der Waals surface area contributed by atoms with Gasteiger partial charge in [-0.2, -0.15) is 0 Å². The van der Waals surface area contributed by atoms with Crippen LogP contribution in [0.25, 0.3) is 0 Å². The SMILES string of the molecule is CCCCCCCCCCCCC/C=C/CCCCCCCCCCCCCC. The lowest BCUT2D eigenvalue weighted by Gasteiger charge is -2.02. The number of hydrogen-bond acceptors (Lipinski definition) is 0. The van der Waals surface area contributed by atoms with Crippen LogP contribution < -0.4 is 0 Å². The first-order chi connectivity index (χ1) is 14.4. The van der Waals surface area contributed by atoms with Gasteiger partial charge >= 0.3 is 0 Å². The predicted octanol–water partition coefficient (Wildman–Crippen LogP) is 11.3. The van der Waals surface area contributed by atoms with E-state index < -0.39 is 0 Å². The molecule has 0 N–H and O–H groups in total. The first-order valence-corrected chi connectivity index (χ1v) is 14.1. The van der Waals surface area contributed by atoms with E-state index in [-0.39, 0.29) is 0 Å². The zero-order valence-electron chi connectivity index (χ0n) is 20.8. The summed E-state index contributed by atoms with van der Waals surface area (Å²) in [7, 11) is 0. The number of unbranched alkanes of at least 4 members (excludes halogenated alkanes) is 23. The first kappa shape index (κ1) is 28.7. The first-order valence-electron chi connectivity index (χ1n) is 14.1. The maximum Gasteiger partial charge on any atom is -0.0351 e. The van der Waals surface area contributed by atoms with Crippen LogP contribution in [0.1, 0.15) is 174 Å². The van der Waals surface area contributed by atoms with Gasteiger partial charge in [-0.15, -0.1) is 0 Å². The van der Waals surface area contributed by atoms with Gasteiger partial charge < -0.3 is 0 Å². The highest BCUT2D eigenvalue weighted by molar-refractivity contribution is 4.81. The lowest BCUT2D eigenvalue weighted by atomic mass is 10.0. The Hall–Kier alpha value is -0.260. The minimum Gasteiger partial charge on any atom is -0.0885 e. The van der Waals surface area contributed by atoms with Crippen molar-refractivity contribution in [2.45, 2.75) is 174 Å². The smallest absolute Gasteiger partial charge is 0.0351 e. The Morgan fingerprint density at radius 1 is 0.276 bits per heavy atom. The van der Waals surface area contributed by atoms with Gasteiger partial charge in [-0.25, -0.2) is 0 Å². The van der Waals surface area contributed by atoms with Gasteiger partial charge in [-0.3, -0.25) is 0 Å². The van der Waals surface area contributed by atoms with Crippen molar-refractivity contribution in [1.82, 2.24) is 0 Å². The summed E-state index contributed by atoms with van der Waals surface area (Å²) in [6.07, 6.45) is 40.9. The van der Waals surface area contributed by atoms with Gasteiger partial charge in [-0.1, -0.05) is 161 Å². The van der Waals surface area contributed by atoms with Crippen molar-refractivity contribution in [2.24, 2.45) is 0 Å². The largest absolute Gasteiger partial charge is 0.0885 e. The predicted molar refractivity (Wildman–Crippen MR) is 136 cm³/mol. The summed E-state index contributed by atoms with van der Waals surface area (Å²) in [6.45, 7) is 4.60. The van der Waals surface area contributed by atoms with Crippen molar-refractivity contribution in [3.8, 4) is 0 Å². The molecule has 0 fully saturated rings. The zero-order chi connectivity index (χ0) is 21.1. The third-order valence-electron chi connectivity index (χ3n) is 6.37. The second kappa shape index (κ2) is 27.7. The third kappa shape index (κ3) is 27.7. The summed E-state index contributed by atoms with van der Waals surface area (Å²) in [5.74, 6) is 0. The van der Waals surface area contributed by atoms with E-state index in [1.54, 1.807) is 0 Å². The van der Waals surface area contributed by atoms with Crippen molar-refractivity contribution < 1.29 is 0 Å². The molecule has 0 aromatic rings. The Morgan fingerprint density at radius 2 is 0.483 bits per heavy atom. The molecule has 0 amide bonds. The van der Waals surface area contributed by atoms with Crippen LogP contribution in [0.4, 0.5) is 0 Å². The van der Waals surface area contributed by atoms with E-state index in [4.69, 9.17) is 0 Å². The van der Waals surface area contributed by atoms with E-state index in [0.717, 1.165) is 0 Å². The second-order valence-electron chi connectivity index (χ2n) is 9.47. The molecule has 0 atom stereocenters. The van der Waals surface area contributed by atoms with E-state index in [0.29, 0.717) is 0 Å². The third-order valence-corrected chi connectivity index (χ3v) is 6.37. The average Bonchev–Trinajstić information content (AvgIpc) is 2.74. The quantitative estimate of drug-likeness (QED) is 0.104. The molecule has 29 heavy (non-hydrogen) atoms. The highest BCUT2D eigenvalue weighted by Gasteiger charge is 1.94. The van der Waals surface area contributed by atoms with Crippen molar-refractivity contribution in [3.63, 3.8) is 0 Å². The van der Waals surface area contributed by atoms with Gasteiger partial charge in [0.2, 0.25) is 0 Å².